The number of hydrogen-bond donors (Lipinski definition) is 1. The van der Waals surface area contributed by atoms with Crippen molar-refractivity contribution < 1.29 is 0 Å². The predicted octanol–water partition coefficient (Wildman–Crippen LogP) is 4.67. The van der Waals surface area contributed by atoms with Gasteiger partial charge in [0, 0.05) is 20.3 Å². The van der Waals surface area contributed by atoms with E-state index >= 15 is 0 Å². The molecule has 1 aromatic rings. The van der Waals surface area contributed by atoms with E-state index in [9.17, 15) is 0 Å². The van der Waals surface area contributed by atoms with Gasteiger partial charge < -0.3 is 5.32 Å². The van der Waals surface area contributed by atoms with Crippen LogP contribution >= 0.6 is 27.3 Å². The number of hydrogen-bond acceptors (Lipinski definition) is 2. The van der Waals surface area contributed by atoms with Gasteiger partial charge >= 0.3 is 0 Å². The fourth-order valence-corrected chi connectivity index (χ4v) is 3.66. The van der Waals surface area contributed by atoms with Crippen molar-refractivity contribution in [3.8, 4) is 0 Å². The molecule has 0 saturated heterocycles. The number of aryl methyl sites for hydroxylation is 2. The summed E-state index contributed by atoms with van der Waals surface area (Å²) in [5.74, 6) is 0. The van der Waals surface area contributed by atoms with Crippen molar-refractivity contribution in [3.05, 3.63) is 20.3 Å². The van der Waals surface area contributed by atoms with Crippen molar-refractivity contribution in [1.29, 1.82) is 0 Å². The van der Waals surface area contributed by atoms with Crippen molar-refractivity contribution in [2.45, 2.75) is 57.9 Å². The molecule has 1 heterocycles. The van der Waals surface area contributed by atoms with E-state index in [2.05, 4.69) is 34.2 Å². The summed E-state index contributed by atoms with van der Waals surface area (Å²) in [7, 11) is 0. The molecule has 1 N–H and O–H groups in total. The van der Waals surface area contributed by atoms with Crippen LogP contribution in [0.2, 0.25) is 0 Å². The summed E-state index contributed by atoms with van der Waals surface area (Å²) in [5.41, 5.74) is 0. The molecule has 1 saturated carbocycles. The van der Waals surface area contributed by atoms with Gasteiger partial charge in [-0.05, 0) is 67.6 Å². The summed E-state index contributed by atoms with van der Waals surface area (Å²) >= 11 is 5.52. The van der Waals surface area contributed by atoms with Gasteiger partial charge in [0.25, 0.3) is 0 Å². The van der Waals surface area contributed by atoms with E-state index in [0.29, 0.717) is 0 Å². The second-order valence-electron chi connectivity index (χ2n) is 5.01. The SMILES string of the molecule is Cc1sc(CCCCCCNC2CC2)cc1Br. The summed E-state index contributed by atoms with van der Waals surface area (Å²) in [4.78, 5) is 2.94. The van der Waals surface area contributed by atoms with Gasteiger partial charge in [0.05, 0.1) is 0 Å². The van der Waals surface area contributed by atoms with Crippen LogP contribution in [0.1, 0.15) is 48.3 Å². The minimum Gasteiger partial charge on any atom is -0.314 e. The molecule has 0 spiro atoms. The molecule has 1 aromatic heterocycles. The van der Waals surface area contributed by atoms with Crippen LogP contribution in [-0.4, -0.2) is 12.6 Å². The van der Waals surface area contributed by atoms with Gasteiger partial charge in [0.2, 0.25) is 0 Å². The third-order valence-electron chi connectivity index (χ3n) is 3.27. The average Bonchev–Trinajstić information content (AvgIpc) is 3.06. The van der Waals surface area contributed by atoms with E-state index in [1.54, 1.807) is 0 Å². The number of thiophene rings is 1. The quantitative estimate of drug-likeness (QED) is 0.687. The molecule has 1 nitrogen and oxygen atoms in total. The van der Waals surface area contributed by atoms with Gasteiger partial charge in [0.1, 0.15) is 0 Å². The van der Waals surface area contributed by atoms with E-state index in [1.807, 2.05) is 11.3 Å². The lowest BCUT2D eigenvalue weighted by atomic mass is 10.1. The van der Waals surface area contributed by atoms with Crippen LogP contribution < -0.4 is 5.32 Å². The molecule has 0 unspecified atom stereocenters. The number of halogens is 1. The zero-order valence-corrected chi connectivity index (χ0v) is 13.0. The van der Waals surface area contributed by atoms with E-state index in [-0.39, 0.29) is 0 Å². The predicted molar refractivity (Wildman–Crippen MR) is 80.0 cm³/mol. The summed E-state index contributed by atoms with van der Waals surface area (Å²) < 4.78 is 1.28. The zero-order valence-electron chi connectivity index (χ0n) is 10.6. The highest BCUT2D eigenvalue weighted by molar-refractivity contribution is 9.10. The Bertz CT molecular complexity index is 324. The van der Waals surface area contributed by atoms with Crippen molar-refractivity contribution in [2.24, 2.45) is 0 Å². The fourth-order valence-electron chi connectivity index (χ4n) is 2.01. The first-order valence-corrected chi connectivity index (χ1v) is 8.35. The van der Waals surface area contributed by atoms with E-state index < -0.39 is 0 Å². The molecule has 96 valence electrons. The van der Waals surface area contributed by atoms with Crippen molar-refractivity contribution in [3.63, 3.8) is 0 Å². The number of unbranched alkanes of at least 4 members (excludes halogenated alkanes) is 3. The molecule has 1 fully saturated rings. The maximum Gasteiger partial charge on any atom is 0.0314 e. The van der Waals surface area contributed by atoms with Crippen molar-refractivity contribution in [2.75, 3.05) is 6.54 Å². The average molecular weight is 316 g/mol. The molecule has 0 amide bonds. The van der Waals surface area contributed by atoms with Crippen molar-refractivity contribution in [1.82, 2.24) is 5.32 Å². The fraction of sp³-hybridized carbons (Fsp3) is 0.714. The van der Waals surface area contributed by atoms with Gasteiger partial charge in [-0.3, -0.25) is 0 Å². The summed E-state index contributed by atoms with van der Waals surface area (Å²) in [6.45, 7) is 3.41. The minimum absolute atomic E-state index is 0.876. The highest BCUT2D eigenvalue weighted by atomic mass is 79.9. The lowest BCUT2D eigenvalue weighted by Gasteiger charge is -2.02. The normalized spacial score (nSPS) is 15.4. The van der Waals surface area contributed by atoms with Crippen LogP contribution in [0.15, 0.2) is 10.5 Å². The topological polar surface area (TPSA) is 12.0 Å². The highest BCUT2D eigenvalue weighted by Gasteiger charge is 2.19. The number of nitrogens with one attached hydrogen (secondary N) is 1. The van der Waals surface area contributed by atoms with Gasteiger partial charge in [-0.1, -0.05) is 12.8 Å². The van der Waals surface area contributed by atoms with Gasteiger partial charge in [0.15, 0.2) is 0 Å². The standard InChI is InChI=1S/C14H22BrNS/c1-11-14(15)10-13(17-11)6-4-2-3-5-9-16-12-7-8-12/h10,12,16H,2-9H2,1H3. The first-order valence-electron chi connectivity index (χ1n) is 6.74. The zero-order chi connectivity index (χ0) is 12.1. The summed E-state index contributed by atoms with van der Waals surface area (Å²) in [6, 6.07) is 3.16. The highest BCUT2D eigenvalue weighted by Crippen LogP contribution is 2.27. The van der Waals surface area contributed by atoms with Gasteiger partial charge in [-0.25, -0.2) is 0 Å². The summed E-state index contributed by atoms with van der Waals surface area (Å²) in [6.07, 6.45) is 9.53. The van der Waals surface area contributed by atoms with Crippen LogP contribution in [0.4, 0.5) is 0 Å². The molecule has 0 aliphatic heterocycles. The van der Waals surface area contributed by atoms with E-state index in [4.69, 9.17) is 0 Å². The molecule has 17 heavy (non-hydrogen) atoms. The van der Waals surface area contributed by atoms with Crippen LogP contribution in [-0.2, 0) is 6.42 Å². The Labute approximate surface area is 117 Å². The van der Waals surface area contributed by atoms with Gasteiger partial charge in [-0.15, -0.1) is 11.3 Å². The number of rotatable bonds is 8. The Kier molecular flexibility index (Phi) is 5.51. The Balaban J connectivity index is 1.47. The molecular formula is C14H22BrNS. The van der Waals surface area contributed by atoms with Crippen LogP contribution in [0, 0.1) is 6.92 Å². The maximum atomic E-state index is 3.58. The molecule has 2 rings (SSSR count). The lowest BCUT2D eigenvalue weighted by Crippen LogP contribution is -2.17. The third kappa shape index (κ3) is 5.11. The largest absolute Gasteiger partial charge is 0.314 e. The maximum absolute atomic E-state index is 3.58. The van der Waals surface area contributed by atoms with Crippen LogP contribution in [0.25, 0.3) is 0 Å². The first-order chi connectivity index (χ1) is 8.25. The Morgan fingerprint density at radius 1 is 1.29 bits per heavy atom. The van der Waals surface area contributed by atoms with Gasteiger partial charge in [-0.2, -0.15) is 0 Å². The second kappa shape index (κ2) is 6.91. The monoisotopic (exact) mass is 315 g/mol. The van der Waals surface area contributed by atoms with Crippen LogP contribution in [0.3, 0.4) is 0 Å². The minimum atomic E-state index is 0.876. The smallest absolute Gasteiger partial charge is 0.0314 e. The second-order valence-corrected chi connectivity index (χ2v) is 7.20. The molecular weight excluding hydrogens is 294 g/mol. The lowest BCUT2D eigenvalue weighted by molar-refractivity contribution is 0.586. The van der Waals surface area contributed by atoms with Crippen LogP contribution in [0.5, 0.6) is 0 Å². The molecule has 1 aliphatic rings. The molecule has 0 aromatic carbocycles. The Morgan fingerprint density at radius 3 is 2.71 bits per heavy atom. The molecule has 1 aliphatic carbocycles. The third-order valence-corrected chi connectivity index (χ3v) is 5.46. The first kappa shape index (κ1) is 13.6. The van der Waals surface area contributed by atoms with E-state index in [0.717, 1.165) is 6.04 Å². The summed E-state index contributed by atoms with van der Waals surface area (Å²) in [5, 5.41) is 3.57. The Morgan fingerprint density at radius 2 is 2.06 bits per heavy atom. The molecule has 0 atom stereocenters. The molecule has 3 heteroatoms. The molecule has 0 radical (unpaired) electrons. The van der Waals surface area contributed by atoms with Crippen molar-refractivity contribution >= 4 is 27.3 Å². The molecule has 0 bridgehead atoms. The Hall–Kier alpha value is 0.140. The van der Waals surface area contributed by atoms with E-state index in [1.165, 1.54) is 65.7 Å².